The third-order valence-corrected chi connectivity index (χ3v) is 5.40. The third-order valence-electron chi connectivity index (χ3n) is 4.54. The Morgan fingerprint density at radius 2 is 1.61 bits per heavy atom. The Morgan fingerprint density at radius 3 is 2.18 bits per heavy atom. The number of nitrogen functional groups attached to an aromatic ring is 1. The molecule has 0 amide bonds. The van der Waals surface area contributed by atoms with E-state index in [1.54, 1.807) is 12.1 Å². The number of benzene rings is 2. The molecule has 28 heavy (non-hydrogen) atoms. The van der Waals surface area contributed by atoms with Crippen LogP contribution in [0, 0.1) is 6.92 Å². The van der Waals surface area contributed by atoms with Gasteiger partial charge in [0.1, 0.15) is 5.75 Å². The van der Waals surface area contributed by atoms with Crippen LogP contribution in [0.2, 0.25) is 0 Å². The quantitative estimate of drug-likeness (QED) is 0.431. The molecule has 7 heteroatoms. The lowest BCUT2D eigenvalue weighted by molar-refractivity contribution is 0.205. The van der Waals surface area contributed by atoms with Gasteiger partial charge < -0.3 is 15.4 Å². The Hall–Kier alpha value is -2.09. The summed E-state index contributed by atoms with van der Waals surface area (Å²) in [6.45, 7) is 6.33. The van der Waals surface area contributed by atoms with Crippen molar-refractivity contribution in [1.29, 1.82) is 0 Å². The maximum Gasteiger partial charge on any atom is 0.294 e. The van der Waals surface area contributed by atoms with Gasteiger partial charge in [-0.15, -0.1) is 0 Å². The fourth-order valence-electron chi connectivity index (χ4n) is 2.94. The Labute approximate surface area is 168 Å². The molecule has 0 aromatic heterocycles. The van der Waals surface area contributed by atoms with Gasteiger partial charge in [0.2, 0.25) is 0 Å². The number of ether oxygens (including phenoxy) is 1. The summed E-state index contributed by atoms with van der Waals surface area (Å²) in [6, 6.07) is 13.6. The maximum atomic E-state index is 10.5. The molecule has 1 saturated heterocycles. The normalized spacial score (nSPS) is 14.8. The third kappa shape index (κ3) is 8.29. The Bertz CT molecular complexity index is 799. The van der Waals surface area contributed by atoms with E-state index in [2.05, 4.69) is 4.90 Å². The number of nitrogens with two attached hydrogens (primary N) is 1. The van der Waals surface area contributed by atoms with Crippen LogP contribution >= 0.6 is 0 Å². The van der Waals surface area contributed by atoms with E-state index in [0.717, 1.165) is 36.6 Å². The van der Waals surface area contributed by atoms with Gasteiger partial charge in [-0.05, 0) is 75.7 Å². The summed E-state index contributed by atoms with van der Waals surface area (Å²) >= 11 is 0. The van der Waals surface area contributed by atoms with E-state index >= 15 is 0 Å². The van der Waals surface area contributed by atoms with Crippen molar-refractivity contribution in [3.05, 3.63) is 54.1 Å². The molecule has 0 spiro atoms. The summed E-state index contributed by atoms with van der Waals surface area (Å²) in [5, 5.41) is 0. The van der Waals surface area contributed by atoms with Crippen LogP contribution in [-0.4, -0.2) is 44.1 Å². The van der Waals surface area contributed by atoms with Crippen LogP contribution in [0.25, 0.3) is 0 Å². The number of nitrogens with zero attached hydrogens (tertiary/aromatic N) is 1. The number of likely N-dealkylation sites (tertiary alicyclic amines) is 1. The van der Waals surface area contributed by atoms with Gasteiger partial charge in [0.25, 0.3) is 10.1 Å². The topological polar surface area (TPSA) is 92.9 Å². The molecule has 1 aliphatic heterocycles. The molecule has 0 saturated carbocycles. The van der Waals surface area contributed by atoms with Crippen LogP contribution in [0.4, 0.5) is 5.69 Å². The summed E-state index contributed by atoms with van der Waals surface area (Å²) in [6.07, 6.45) is 5.22. The molecule has 1 fully saturated rings. The lowest BCUT2D eigenvalue weighted by atomic mass is 10.1. The summed E-state index contributed by atoms with van der Waals surface area (Å²) < 4.78 is 35.2. The predicted octanol–water partition coefficient (Wildman–Crippen LogP) is 3.77. The van der Waals surface area contributed by atoms with Crippen molar-refractivity contribution in [3.8, 4) is 5.75 Å². The molecule has 0 atom stereocenters. The van der Waals surface area contributed by atoms with Crippen molar-refractivity contribution >= 4 is 15.8 Å². The summed E-state index contributed by atoms with van der Waals surface area (Å²) in [7, 11) is -4.02. The van der Waals surface area contributed by atoms with E-state index in [4.69, 9.17) is 15.0 Å². The molecule has 3 rings (SSSR count). The van der Waals surface area contributed by atoms with Crippen LogP contribution in [0.3, 0.4) is 0 Å². The molecule has 0 aliphatic carbocycles. The number of piperidine rings is 1. The molecule has 3 N–H and O–H groups in total. The lowest BCUT2D eigenvalue weighted by Crippen LogP contribution is -2.31. The first-order valence-electron chi connectivity index (χ1n) is 9.59. The van der Waals surface area contributed by atoms with Gasteiger partial charge in [-0.25, -0.2) is 0 Å². The first-order chi connectivity index (χ1) is 13.3. The zero-order valence-electron chi connectivity index (χ0n) is 16.4. The molecule has 2 aromatic rings. The van der Waals surface area contributed by atoms with Gasteiger partial charge in [0.05, 0.1) is 11.5 Å². The highest BCUT2D eigenvalue weighted by atomic mass is 32.2. The van der Waals surface area contributed by atoms with E-state index in [1.165, 1.54) is 44.5 Å². The predicted molar refractivity (Wildman–Crippen MR) is 112 cm³/mol. The van der Waals surface area contributed by atoms with Gasteiger partial charge in [0.15, 0.2) is 0 Å². The minimum absolute atomic E-state index is 0.0666. The van der Waals surface area contributed by atoms with Gasteiger partial charge in [-0.1, -0.05) is 24.1 Å². The van der Waals surface area contributed by atoms with Crippen molar-refractivity contribution in [2.75, 3.05) is 32.0 Å². The van der Waals surface area contributed by atoms with Crippen LogP contribution in [-0.2, 0) is 10.1 Å². The fraction of sp³-hybridized carbons (Fsp3) is 0.429. The smallest absolute Gasteiger partial charge is 0.294 e. The summed E-state index contributed by atoms with van der Waals surface area (Å²) in [4.78, 5) is 2.47. The molecular formula is C21H30N2O4S. The van der Waals surface area contributed by atoms with Gasteiger partial charge in [0, 0.05) is 12.2 Å². The molecule has 0 unspecified atom stereocenters. The highest BCUT2D eigenvalue weighted by Gasteiger charge is 2.09. The monoisotopic (exact) mass is 406 g/mol. The molecule has 1 aliphatic rings. The summed E-state index contributed by atoms with van der Waals surface area (Å²) in [5.74, 6) is 0.915. The second-order valence-corrected chi connectivity index (χ2v) is 8.38. The minimum Gasteiger partial charge on any atom is -0.494 e. The highest BCUT2D eigenvalue weighted by molar-refractivity contribution is 7.85. The largest absolute Gasteiger partial charge is 0.494 e. The molecular weight excluding hydrogens is 376 g/mol. The Morgan fingerprint density at radius 1 is 1.00 bits per heavy atom. The molecule has 2 aromatic carbocycles. The van der Waals surface area contributed by atoms with Gasteiger partial charge in [-0.2, -0.15) is 8.42 Å². The average molecular weight is 407 g/mol. The van der Waals surface area contributed by atoms with E-state index < -0.39 is 10.1 Å². The number of aryl methyl sites for hydroxylation is 1. The first-order valence-corrected chi connectivity index (χ1v) is 11.0. The van der Waals surface area contributed by atoms with E-state index in [0.29, 0.717) is 0 Å². The number of hydrogen-bond donors (Lipinski definition) is 2. The Balaban J connectivity index is 0.000000221. The average Bonchev–Trinajstić information content (AvgIpc) is 2.68. The van der Waals surface area contributed by atoms with Crippen LogP contribution < -0.4 is 10.5 Å². The standard InChI is InChI=1S/C14H22N2O.C7H8O3S/c15-13-5-7-14(8-6-13)17-12-4-11-16-9-2-1-3-10-16;1-6-2-4-7(5-3-6)11(8,9)10/h5-8H,1-4,9-12,15H2;2-5H,1H3,(H,8,9,10). The van der Waals surface area contributed by atoms with Crippen LogP contribution in [0.15, 0.2) is 53.4 Å². The molecule has 154 valence electrons. The van der Waals surface area contributed by atoms with Gasteiger partial charge >= 0.3 is 0 Å². The highest BCUT2D eigenvalue weighted by Crippen LogP contribution is 2.14. The molecule has 0 radical (unpaired) electrons. The second kappa shape index (κ2) is 11.0. The second-order valence-electron chi connectivity index (χ2n) is 6.96. The van der Waals surface area contributed by atoms with Crippen molar-refractivity contribution < 1.29 is 17.7 Å². The van der Waals surface area contributed by atoms with E-state index in [1.807, 2.05) is 31.2 Å². The van der Waals surface area contributed by atoms with Gasteiger partial charge in [-0.3, -0.25) is 4.55 Å². The van der Waals surface area contributed by atoms with Crippen LogP contribution in [0.1, 0.15) is 31.2 Å². The first kappa shape index (κ1) is 22.2. The number of anilines is 1. The zero-order chi connectivity index (χ0) is 20.4. The Kier molecular flexibility index (Phi) is 8.76. The van der Waals surface area contributed by atoms with E-state index in [-0.39, 0.29) is 4.90 Å². The van der Waals surface area contributed by atoms with Crippen molar-refractivity contribution in [1.82, 2.24) is 4.90 Å². The minimum atomic E-state index is -4.02. The number of hydrogen-bond acceptors (Lipinski definition) is 5. The fourth-order valence-corrected chi connectivity index (χ4v) is 3.42. The zero-order valence-corrected chi connectivity index (χ0v) is 17.2. The molecule has 0 bridgehead atoms. The summed E-state index contributed by atoms with van der Waals surface area (Å²) in [5.41, 5.74) is 7.36. The SMILES string of the molecule is Cc1ccc(S(=O)(=O)O)cc1.Nc1ccc(OCCCN2CCCCC2)cc1. The molecule has 6 nitrogen and oxygen atoms in total. The van der Waals surface area contributed by atoms with Crippen molar-refractivity contribution in [2.45, 2.75) is 37.5 Å². The van der Waals surface area contributed by atoms with E-state index in [9.17, 15) is 8.42 Å². The maximum absolute atomic E-state index is 10.5. The number of rotatable bonds is 6. The van der Waals surface area contributed by atoms with Crippen molar-refractivity contribution in [2.24, 2.45) is 0 Å². The molecule has 1 heterocycles. The van der Waals surface area contributed by atoms with Crippen LogP contribution in [0.5, 0.6) is 5.75 Å². The lowest BCUT2D eigenvalue weighted by Gasteiger charge is -2.26. The van der Waals surface area contributed by atoms with Crippen molar-refractivity contribution in [3.63, 3.8) is 0 Å².